The maximum Gasteiger partial charge on any atom is 0.241 e. The number of aromatic amines is 1. The molecule has 0 aliphatic carbocycles. The van der Waals surface area contributed by atoms with Gasteiger partial charge in [0.25, 0.3) is 0 Å². The second-order valence-electron chi connectivity index (χ2n) is 6.39. The van der Waals surface area contributed by atoms with Crippen LogP contribution in [-0.4, -0.2) is 24.3 Å². The molecule has 2 heterocycles. The number of pyridine rings is 1. The Kier molecular flexibility index (Phi) is 4.74. The molecule has 0 aliphatic heterocycles. The molecule has 29 heavy (non-hydrogen) atoms. The number of amides is 1. The van der Waals surface area contributed by atoms with Crippen LogP contribution in [0.5, 0.6) is 0 Å². The highest BCUT2D eigenvalue weighted by Gasteiger charge is 2.24. The molecule has 144 valence electrons. The van der Waals surface area contributed by atoms with Gasteiger partial charge in [-0.3, -0.25) is 9.78 Å². The number of carbonyl (C=O) groups is 1. The van der Waals surface area contributed by atoms with Crippen molar-refractivity contribution in [2.45, 2.75) is 9.79 Å². The van der Waals surface area contributed by atoms with Crippen LogP contribution in [0.1, 0.15) is 5.56 Å². The molecule has 1 amide bonds. The Balaban J connectivity index is 1.94. The lowest BCUT2D eigenvalue weighted by Gasteiger charge is -2.13. The highest BCUT2D eigenvalue weighted by molar-refractivity contribution is 7.91. The van der Waals surface area contributed by atoms with Crippen molar-refractivity contribution in [2.75, 3.05) is 0 Å². The topological polar surface area (TPSA) is 106 Å². The second-order valence-corrected chi connectivity index (χ2v) is 8.28. The third kappa shape index (κ3) is 3.43. The first-order valence-corrected chi connectivity index (χ1v) is 10.3. The van der Waals surface area contributed by atoms with Gasteiger partial charge < -0.3 is 10.7 Å². The zero-order valence-corrected chi connectivity index (χ0v) is 16.1. The van der Waals surface area contributed by atoms with E-state index in [0.717, 1.165) is 5.52 Å². The average molecular weight is 403 g/mol. The molecule has 0 spiro atoms. The summed E-state index contributed by atoms with van der Waals surface area (Å²) in [5.74, 6) is -0.597. The van der Waals surface area contributed by atoms with Crippen LogP contribution >= 0.6 is 0 Å². The number of nitrogens with zero attached hydrogens (tertiary/aromatic N) is 1. The van der Waals surface area contributed by atoms with Crippen molar-refractivity contribution in [1.82, 2.24) is 9.97 Å². The van der Waals surface area contributed by atoms with Crippen molar-refractivity contribution < 1.29 is 13.2 Å². The van der Waals surface area contributed by atoms with E-state index < -0.39 is 15.7 Å². The summed E-state index contributed by atoms with van der Waals surface area (Å²) in [7, 11) is -3.82. The van der Waals surface area contributed by atoms with Gasteiger partial charge >= 0.3 is 0 Å². The molecule has 0 fully saturated rings. The quantitative estimate of drug-likeness (QED) is 0.497. The Morgan fingerprint density at radius 3 is 2.59 bits per heavy atom. The first-order valence-electron chi connectivity index (χ1n) is 8.80. The van der Waals surface area contributed by atoms with E-state index in [2.05, 4.69) is 9.97 Å². The first-order chi connectivity index (χ1) is 14.0. The molecule has 3 N–H and O–H groups in total. The van der Waals surface area contributed by atoms with E-state index in [1.807, 2.05) is 6.07 Å². The molecule has 6 nitrogen and oxygen atoms in total. The smallest absolute Gasteiger partial charge is 0.241 e. The highest BCUT2D eigenvalue weighted by Crippen LogP contribution is 2.35. The van der Waals surface area contributed by atoms with Crippen molar-refractivity contribution in [2.24, 2.45) is 5.73 Å². The van der Waals surface area contributed by atoms with Gasteiger partial charge in [0.05, 0.1) is 9.79 Å². The van der Waals surface area contributed by atoms with Gasteiger partial charge in [-0.1, -0.05) is 24.3 Å². The van der Waals surface area contributed by atoms with E-state index in [1.54, 1.807) is 67.1 Å². The number of carbonyl (C=O) groups excluding carboxylic acids is 1. The van der Waals surface area contributed by atoms with Crippen LogP contribution in [0.4, 0.5) is 0 Å². The number of nitrogens with two attached hydrogens (primary N) is 1. The highest BCUT2D eigenvalue weighted by atomic mass is 32.2. The minimum atomic E-state index is -3.82. The molecule has 0 atom stereocenters. The summed E-state index contributed by atoms with van der Waals surface area (Å²) in [6.45, 7) is 0. The van der Waals surface area contributed by atoms with E-state index in [0.29, 0.717) is 22.1 Å². The van der Waals surface area contributed by atoms with Crippen molar-refractivity contribution in [3.8, 4) is 11.1 Å². The molecule has 4 rings (SSSR count). The molecule has 0 saturated carbocycles. The summed E-state index contributed by atoms with van der Waals surface area (Å²) >= 11 is 0. The summed E-state index contributed by atoms with van der Waals surface area (Å²) in [5.41, 5.74) is 7.70. The monoisotopic (exact) mass is 403 g/mol. The Labute approximate surface area is 167 Å². The summed E-state index contributed by atoms with van der Waals surface area (Å²) in [4.78, 5) is 18.7. The fourth-order valence-corrected chi connectivity index (χ4v) is 4.98. The number of fused-ring (bicyclic) bond motifs is 1. The van der Waals surface area contributed by atoms with E-state index in [1.165, 1.54) is 12.2 Å². The van der Waals surface area contributed by atoms with Gasteiger partial charge in [0.1, 0.15) is 0 Å². The third-order valence-corrected chi connectivity index (χ3v) is 6.46. The lowest BCUT2D eigenvalue weighted by Crippen LogP contribution is -2.06. The second kappa shape index (κ2) is 7.37. The molecule has 0 saturated heterocycles. The van der Waals surface area contributed by atoms with Gasteiger partial charge in [-0.05, 0) is 42.0 Å². The van der Waals surface area contributed by atoms with Crippen molar-refractivity contribution in [3.63, 3.8) is 0 Å². The maximum absolute atomic E-state index is 13.6. The fraction of sp³-hybridized carbons (Fsp3) is 0. The van der Waals surface area contributed by atoms with E-state index >= 15 is 0 Å². The van der Waals surface area contributed by atoms with Gasteiger partial charge in [-0.25, -0.2) is 8.42 Å². The van der Waals surface area contributed by atoms with Crippen molar-refractivity contribution >= 4 is 32.7 Å². The molecule has 7 heteroatoms. The number of benzene rings is 2. The summed E-state index contributed by atoms with van der Waals surface area (Å²) in [6, 6.07) is 15.4. The number of sulfone groups is 1. The molecule has 2 aromatic heterocycles. The van der Waals surface area contributed by atoms with E-state index in [9.17, 15) is 13.2 Å². The fourth-order valence-electron chi connectivity index (χ4n) is 3.29. The molecular formula is C22H17N3O3S. The van der Waals surface area contributed by atoms with Crippen LogP contribution in [0, 0.1) is 0 Å². The van der Waals surface area contributed by atoms with Crippen LogP contribution in [0.2, 0.25) is 0 Å². The summed E-state index contributed by atoms with van der Waals surface area (Å²) in [5, 5.41) is 0.630. The standard InChI is InChI=1S/C22H17N3O3S/c23-22(26)9-8-15-14-24-12-10-16(15)17-4-1-2-6-20(17)29(27,28)21-7-3-5-19-18(21)11-13-25-19/h1-14,25H,(H2,23,26)/b9-8+. The van der Waals surface area contributed by atoms with Crippen molar-refractivity contribution in [1.29, 1.82) is 0 Å². The largest absolute Gasteiger partial charge is 0.366 e. The van der Waals surface area contributed by atoms with Gasteiger partial charge in [0.15, 0.2) is 0 Å². The number of hydrogen-bond donors (Lipinski definition) is 2. The van der Waals surface area contributed by atoms with Gasteiger partial charge in [0, 0.05) is 46.7 Å². The molecule has 4 aromatic rings. The predicted octanol–water partition coefficient (Wildman–Crippen LogP) is 3.56. The normalized spacial score (nSPS) is 11.9. The zero-order chi connectivity index (χ0) is 20.4. The summed E-state index contributed by atoms with van der Waals surface area (Å²) in [6.07, 6.45) is 7.60. The SMILES string of the molecule is NC(=O)/C=C/c1cnccc1-c1ccccc1S(=O)(=O)c1cccc2[nH]ccc12. The lowest BCUT2D eigenvalue weighted by atomic mass is 10.0. The minimum Gasteiger partial charge on any atom is -0.366 e. The first kappa shape index (κ1) is 18.6. The van der Waals surface area contributed by atoms with E-state index in [-0.39, 0.29) is 9.79 Å². The Morgan fingerprint density at radius 2 is 1.76 bits per heavy atom. The van der Waals surface area contributed by atoms with Crippen LogP contribution in [0.25, 0.3) is 28.1 Å². The van der Waals surface area contributed by atoms with Gasteiger partial charge in [-0.15, -0.1) is 0 Å². The maximum atomic E-state index is 13.6. The number of aromatic nitrogens is 2. The molecule has 0 bridgehead atoms. The summed E-state index contributed by atoms with van der Waals surface area (Å²) < 4.78 is 27.2. The third-order valence-electron chi connectivity index (χ3n) is 4.59. The van der Waals surface area contributed by atoms with E-state index in [4.69, 9.17) is 5.73 Å². The Hall–Kier alpha value is -3.71. The lowest BCUT2D eigenvalue weighted by molar-refractivity contribution is -0.113. The van der Waals surface area contributed by atoms with Crippen LogP contribution < -0.4 is 5.73 Å². The van der Waals surface area contributed by atoms with Crippen LogP contribution in [-0.2, 0) is 14.6 Å². The van der Waals surface area contributed by atoms with Crippen molar-refractivity contribution in [3.05, 3.63) is 84.8 Å². The number of H-pyrrole nitrogens is 1. The molecule has 0 unspecified atom stereocenters. The number of rotatable bonds is 5. The molecular weight excluding hydrogens is 386 g/mol. The van der Waals surface area contributed by atoms with Gasteiger partial charge in [-0.2, -0.15) is 0 Å². The molecule has 0 radical (unpaired) electrons. The zero-order valence-electron chi connectivity index (χ0n) is 15.2. The molecule has 2 aromatic carbocycles. The molecule has 0 aliphatic rings. The number of primary amides is 1. The number of hydrogen-bond acceptors (Lipinski definition) is 4. The van der Waals surface area contributed by atoms with Crippen LogP contribution in [0.15, 0.2) is 89.1 Å². The van der Waals surface area contributed by atoms with Crippen LogP contribution in [0.3, 0.4) is 0 Å². The van der Waals surface area contributed by atoms with Gasteiger partial charge in [0.2, 0.25) is 15.7 Å². The predicted molar refractivity (Wildman–Crippen MR) is 112 cm³/mol. The number of nitrogens with one attached hydrogen (secondary N) is 1. The average Bonchev–Trinajstić information content (AvgIpc) is 3.21. The Morgan fingerprint density at radius 1 is 0.966 bits per heavy atom. The minimum absolute atomic E-state index is 0.175. The Bertz CT molecular complexity index is 1350.